The summed E-state index contributed by atoms with van der Waals surface area (Å²) >= 11 is 0. The molecule has 8 nitrogen and oxygen atoms in total. The van der Waals surface area contributed by atoms with Crippen LogP contribution in [0.4, 0.5) is 10.2 Å². The third-order valence-corrected chi connectivity index (χ3v) is 4.90. The average Bonchev–Trinajstić information content (AvgIpc) is 2.79. The topological polar surface area (TPSA) is 110 Å². The van der Waals surface area contributed by atoms with Crippen molar-refractivity contribution in [2.75, 3.05) is 12.4 Å². The van der Waals surface area contributed by atoms with Crippen molar-refractivity contribution >= 4 is 23.6 Å². The molecule has 0 aliphatic carbocycles. The number of halogens is 1. The molecule has 2 aromatic carbocycles. The molecule has 0 saturated heterocycles. The van der Waals surface area contributed by atoms with E-state index >= 15 is 0 Å². The van der Waals surface area contributed by atoms with Crippen LogP contribution in [0.5, 0.6) is 0 Å². The molecule has 0 unspecified atom stereocenters. The van der Waals surface area contributed by atoms with E-state index in [1.165, 1.54) is 25.6 Å². The highest BCUT2D eigenvalue weighted by Gasteiger charge is 2.13. The van der Waals surface area contributed by atoms with Gasteiger partial charge in [-0.05, 0) is 48.2 Å². The van der Waals surface area contributed by atoms with Crippen LogP contribution in [0.2, 0.25) is 0 Å². The van der Waals surface area contributed by atoms with Gasteiger partial charge in [-0.25, -0.2) is 19.2 Å². The van der Waals surface area contributed by atoms with E-state index in [9.17, 15) is 18.8 Å². The molecule has 9 heteroatoms. The molecule has 0 atom stereocenters. The van der Waals surface area contributed by atoms with Crippen molar-refractivity contribution < 1.29 is 23.5 Å². The number of rotatable bonds is 7. The lowest BCUT2D eigenvalue weighted by Crippen LogP contribution is -2.24. The molecule has 0 aliphatic heterocycles. The van der Waals surface area contributed by atoms with E-state index in [0.717, 1.165) is 11.1 Å². The number of benzene rings is 2. The lowest BCUT2D eigenvalue weighted by atomic mass is 10.1. The molecule has 2 amide bonds. The molecule has 0 aliphatic rings. The Morgan fingerprint density at radius 2 is 1.70 bits per heavy atom. The van der Waals surface area contributed by atoms with Gasteiger partial charge in [0.15, 0.2) is 0 Å². The Morgan fingerprint density at radius 3 is 2.39 bits per heavy atom. The maximum atomic E-state index is 13.4. The van der Waals surface area contributed by atoms with Gasteiger partial charge in [-0.3, -0.25) is 9.59 Å². The molecular formula is C24H23FN4O4. The first-order valence-electron chi connectivity index (χ1n) is 10.1. The van der Waals surface area contributed by atoms with E-state index < -0.39 is 11.9 Å². The van der Waals surface area contributed by atoms with Crippen LogP contribution in [-0.2, 0) is 22.5 Å². The van der Waals surface area contributed by atoms with Crippen LogP contribution in [-0.4, -0.2) is 34.9 Å². The van der Waals surface area contributed by atoms with E-state index in [0.29, 0.717) is 16.7 Å². The Hall–Kier alpha value is -4.14. The molecule has 2 N–H and O–H groups in total. The summed E-state index contributed by atoms with van der Waals surface area (Å²) in [5.74, 6) is -1.38. The van der Waals surface area contributed by atoms with Crippen LogP contribution in [0, 0.1) is 19.7 Å². The summed E-state index contributed by atoms with van der Waals surface area (Å²) in [6, 6.07) is 11.0. The minimum atomic E-state index is -0.447. The maximum absolute atomic E-state index is 13.4. The monoisotopic (exact) mass is 450 g/mol. The number of anilines is 1. The fraction of sp³-hybridized carbons (Fsp3) is 0.208. The van der Waals surface area contributed by atoms with Crippen molar-refractivity contribution in [3.8, 4) is 0 Å². The van der Waals surface area contributed by atoms with E-state index in [2.05, 4.69) is 20.6 Å². The number of hydrogen-bond donors (Lipinski definition) is 2. The van der Waals surface area contributed by atoms with E-state index in [1.807, 2.05) is 0 Å². The highest BCUT2D eigenvalue weighted by atomic mass is 19.1. The summed E-state index contributed by atoms with van der Waals surface area (Å²) in [7, 11) is 1.32. The van der Waals surface area contributed by atoms with Crippen molar-refractivity contribution in [3.63, 3.8) is 0 Å². The molecule has 3 aromatic rings. The number of amides is 2. The largest absolute Gasteiger partial charge is 0.465 e. The van der Waals surface area contributed by atoms with Gasteiger partial charge in [0.25, 0.3) is 5.91 Å². The van der Waals surface area contributed by atoms with Crippen LogP contribution >= 0.6 is 0 Å². The second-order valence-corrected chi connectivity index (χ2v) is 7.42. The third-order valence-electron chi connectivity index (χ3n) is 4.90. The lowest BCUT2D eigenvalue weighted by Gasteiger charge is -2.09. The summed E-state index contributed by atoms with van der Waals surface area (Å²) < 4.78 is 18.1. The standard InChI is InChI=1S/C24H23FN4O4/c1-14-8-17(4-6-18(14)24(32)33-3)12-26-23(31)20-11-21(28-13-27-20)29-22(30)10-16-5-7-19(25)15(2)9-16/h4-9,11,13H,10,12H2,1-3H3,(H,26,31)(H,27,28,29,30). The molecule has 0 radical (unpaired) electrons. The highest BCUT2D eigenvalue weighted by molar-refractivity contribution is 5.95. The normalized spacial score (nSPS) is 10.4. The van der Waals surface area contributed by atoms with Gasteiger partial charge in [-0.15, -0.1) is 0 Å². The van der Waals surface area contributed by atoms with Crippen molar-refractivity contribution in [3.05, 3.63) is 88.1 Å². The number of aromatic nitrogens is 2. The number of carbonyl (C=O) groups is 3. The lowest BCUT2D eigenvalue weighted by molar-refractivity contribution is -0.115. The predicted molar refractivity (Wildman–Crippen MR) is 119 cm³/mol. The Morgan fingerprint density at radius 1 is 0.970 bits per heavy atom. The van der Waals surface area contributed by atoms with Gasteiger partial charge in [-0.2, -0.15) is 0 Å². The smallest absolute Gasteiger partial charge is 0.338 e. The minimum absolute atomic E-state index is 0.0353. The number of carbonyl (C=O) groups excluding carboxylic acids is 3. The van der Waals surface area contributed by atoms with Gasteiger partial charge < -0.3 is 15.4 Å². The second-order valence-electron chi connectivity index (χ2n) is 7.42. The van der Waals surface area contributed by atoms with Crippen molar-refractivity contribution in [2.45, 2.75) is 26.8 Å². The summed E-state index contributed by atoms with van der Waals surface area (Å²) in [6.45, 7) is 3.63. The van der Waals surface area contributed by atoms with Crippen molar-refractivity contribution in [1.29, 1.82) is 0 Å². The molecule has 0 fully saturated rings. The highest BCUT2D eigenvalue weighted by Crippen LogP contribution is 2.13. The van der Waals surface area contributed by atoms with Gasteiger partial charge in [0.05, 0.1) is 19.1 Å². The van der Waals surface area contributed by atoms with Crippen LogP contribution in [0.25, 0.3) is 0 Å². The molecule has 170 valence electrons. The molecular weight excluding hydrogens is 427 g/mol. The number of ether oxygens (including phenoxy) is 1. The van der Waals surface area contributed by atoms with Crippen molar-refractivity contribution in [1.82, 2.24) is 15.3 Å². The number of aryl methyl sites for hydroxylation is 2. The zero-order valence-electron chi connectivity index (χ0n) is 18.4. The van der Waals surface area contributed by atoms with E-state index in [1.54, 1.807) is 44.2 Å². The first-order valence-corrected chi connectivity index (χ1v) is 10.1. The van der Waals surface area contributed by atoms with E-state index in [-0.39, 0.29) is 36.2 Å². The Labute approximate surface area is 190 Å². The molecule has 0 spiro atoms. The third kappa shape index (κ3) is 6.19. The average molecular weight is 450 g/mol. The van der Waals surface area contributed by atoms with Crippen LogP contribution in [0.1, 0.15) is 43.1 Å². The summed E-state index contributed by atoms with van der Waals surface area (Å²) in [4.78, 5) is 44.4. The number of methoxy groups -OCH3 is 1. The van der Waals surface area contributed by atoms with Gasteiger partial charge in [0, 0.05) is 12.6 Å². The zero-order chi connectivity index (χ0) is 24.0. The summed E-state index contributed by atoms with van der Waals surface area (Å²) in [5.41, 5.74) is 3.19. The number of nitrogens with zero attached hydrogens (tertiary/aromatic N) is 2. The maximum Gasteiger partial charge on any atom is 0.338 e. The SMILES string of the molecule is COC(=O)c1ccc(CNC(=O)c2cc(NC(=O)Cc3ccc(F)c(C)c3)ncn2)cc1C. The van der Waals surface area contributed by atoms with Crippen LogP contribution < -0.4 is 10.6 Å². The van der Waals surface area contributed by atoms with Crippen LogP contribution in [0.3, 0.4) is 0 Å². The first kappa shape index (κ1) is 23.5. The molecule has 33 heavy (non-hydrogen) atoms. The van der Waals surface area contributed by atoms with Crippen LogP contribution in [0.15, 0.2) is 48.8 Å². The van der Waals surface area contributed by atoms with Gasteiger partial charge in [0.1, 0.15) is 23.7 Å². The van der Waals surface area contributed by atoms with Gasteiger partial charge in [0.2, 0.25) is 5.91 Å². The number of hydrogen-bond acceptors (Lipinski definition) is 6. The molecule has 0 bridgehead atoms. The predicted octanol–water partition coefficient (Wildman–Crippen LogP) is 3.13. The number of esters is 1. The fourth-order valence-electron chi connectivity index (χ4n) is 3.19. The summed E-state index contributed by atoms with van der Waals surface area (Å²) in [6.07, 6.45) is 1.22. The second kappa shape index (κ2) is 10.4. The summed E-state index contributed by atoms with van der Waals surface area (Å²) in [5, 5.41) is 5.36. The molecule has 3 rings (SSSR count). The zero-order valence-corrected chi connectivity index (χ0v) is 18.4. The first-order chi connectivity index (χ1) is 15.8. The number of nitrogens with one attached hydrogen (secondary N) is 2. The quantitative estimate of drug-likeness (QED) is 0.535. The Bertz CT molecular complexity index is 1210. The Kier molecular flexibility index (Phi) is 7.45. The Balaban J connectivity index is 1.60. The van der Waals surface area contributed by atoms with Gasteiger partial charge >= 0.3 is 5.97 Å². The van der Waals surface area contributed by atoms with Gasteiger partial charge in [-0.1, -0.05) is 24.3 Å². The molecule has 1 heterocycles. The fourth-order valence-corrected chi connectivity index (χ4v) is 3.19. The van der Waals surface area contributed by atoms with Crippen molar-refractivity contribution in [2.24, 2.45) is 0 Å². The molecule has 1 aromatic heterocycles. The van der Waals surface area contributed by atoms with E-state index in [4.69, 9.17) is 4.74 Å². The minimum Gasteiger partial charge on any atom is -0.465 e. The molecule has 0 saturated carbocycles.